The molecule has 4 aliphatic heterocycles. The fourth-order valence-electron chi connectivity index (χ4n) is 20.5. The summed E-state index contributed by atoms with van der Waals surface area (Å²) in [6.45, 7) is 12.9. The van der Waals surface area contributed by atoms with E-state index in [0.29, 0.717) is 142 Å². The number of benzene rings is 4. The van der Waals surface area contributed by atoms with Gasteiger partial charge in [0.2, 0.25) is 29.4 Å². The highest BCUT2D eigenvalue weighted by Gasteiger charge is 2.56. The molecule has 0 radical (unpaired) electrons. The monoisotopic (exact) mass is 2140 g/mol. The van der Waals surface area contributed by atoms with Crippen molar-refractivity contribution in [3.63, 3.8) is 0 Å². The van der Waals surface area contributed by atoms with Crippen LogP contribution in [0.3, 0.4) is 0 Å². The van der Waals surface area contributed by atoms with Crippen molar-refractivity contribution in [2.75, 3.05) is 35.0 Å². The fraction of sp³-hybridized carbons (Fsp3) is 0.358. The van der Waals surface area contributed by atoms with Crippen molar-refractivity contribution in [3.8, 4) is 104 Å². The van der Waals surface area contributed by atoms with Gasteiger partial charge in [0.15, 0.2) is 23.3 Å². The Balaban J connectivity index is 0.000000116. The van der Waals surface area contributed by atoms with Gasteiger partial charge in [-0.15, -0.1) is 20.4 Å². The molecule has 2 N–H and O–H groups in total. The summed E-state index contributed by atoms with van der Waals surface area (Å²) in [6, 6.07) is 35.1. The van der Waals surface area contributed by atoms with Crippen LogP contribution in [0, 0.1) is 50.4 Å². The number of aromatic nitrogens is 24. The Hall–Kier alpha value is -13.7. The summed E-state index contributed by atoms with van der Waals surface area (Å²) < 4.78 is 42.9. The van der Waals surface area contributed by atoms with Crippen molar-refractivity contribution >= 4 is 105 Å². The highest BCUT2D eigenvalue weighted by molar-refractivity contribution is 6.38. The van der Waals surface area contributed by atoms with Gasteiger partial charge in [0, 0.05) is 115 Å². The number of halogens is 8. The first-order valence-corrected chi connectivity index (χ1v) is 51.8. The number of nitriles is 2. The molecule has 0 spiro atoms. The molecule has 1 amide bonds. The third-order valence-corrected chi connectivity index (χ3v) is 31.5. The molecule has 16 aromatic rings. The molecule has 4 atom stereocenters. The largest absolute Gasteiger partial charge is 0.479 e. The van der Waals surface area contributed by atoms with E-state index in [9.17, 15) is 20.1 Å². The molecule has 16 heterocycles. The molecular formula is C106H99Cl8N27O7. The van der Waals surface area contributed by atoms with Crippen molar-refractivity contribution in [2.24, 2.45) is 5.73 Å². The summed E-state index contributed by atoms with van der Waals surface area (Å²) in [5, 5.41) is 42.9. The average molecular weight is 2150 g/mol. The van der Waals surface area contributed by atoms with Crippen LogP contribution >= 0.6 is 92.8 Å². The van der Waals surface area contributed by atoms with Crippen LogP contribution in [-0.4, -0.2) is 164 Å². The summed E-state index contributed by atoms with van der Waals surface area (Å²) in [6.07, 6.45) is 27.8. The number of rotatable bonds is 23. The third-order valence-electron chi connectivity index (χ3n) is 29.0. The first-order chi connectivity index (χ1) is 71.5. The minimum absolute atomic E-state index is 0.0481. The van der Waals surface area contributed by atoms with Gasteiger partial charge in [-0.1, -0.05) is 117 Å². The summed E-state index contributed by atoms with van der Waals surface area (Å²) in [5.74, 6) is 6.31. The number of imidazole rings is 4. The number of fused-ring (bicyclic) bond motifs is 4. The minimum atomic E-state index is -0.708. The molecule has 8 aliphatic rings. The van der Waals surface area contributed by atoms with Gasteiger partial charge in [-0.2, -0.15) is 10.5 Å². The van der Waals surface area contributed by atoms with Gasteiger partial charge in [0.05, 0.1) is 117 Å². The quantitative estimate of drug-likeness (QED) is 0.0581. The van der Waals surface area contributed by atoms with Crippen LogP contribution in [0.5, 0.6) is 23.5 Å². The molecule has 42 heteroatoms. The lowest BCUT2D eigenvalue weighted by atomic mass is 9.86. The smallest absolute Gasteiger partial charge is 0.316 e. The number of nitrogens with two attached hydrogens (primary N) is 1. The summed E-state index contributed by atoms with van der Waals surface area (Å²) in [4.78, 5) is 80.6. The lowest BCUT2D eigenvalue weighted by Gasteiger charge is -2.25. The Labute approximate surface area is 891 Å². The van der Waals surface area contributed by atoms with E-state index in [1.807, 2.05) is 169 Å². The van der Waals surface area contributed by atoms with Gasteiger partial charge in [0.1, 0.15) is 68.8 Å². The molecule has 0 bridgehead atoms. The van der Waals surface area contributed by atoms with E-state index in [-0.39, 0.29) is 35.5 Å². The van der Waals surface area contributed by atoms with Crippen LogP contribution in [0.4, 0.5) is 0 Å². The van der Waals surface area contributed by atoms with E-state index in [4.69, 9.17) is 178 Å². The van der Waals surface area contributed by atoms with Gasteiger partial charge in [-0.3, -0.25) is 9.59 Å². The first-order valence-electron chi connectivity index (χ1n) is 48.8. The lowest BCUT2D eigenvalue weighted by Crippen LogP contribution is -2.29. The standard InChI is InChI=1S/C28H28Cl2N6O3.C26H25Cl2N7O2.2C26H23Cl2N7O/c1-4-39-27(37)28(9-10-28)19-12-18(20(29)13-21(19)30)17-6-5-11-36-25(17)33-24(34-36)22-7-8-23(26(32-22)38-3)35-14-16(2)31-15-35;1-14-12-34(13-30-14)21-6-5-20(31-24(21)37-2)22-32-23-15(4-3-9-35(23)33-22)16-10-17(19(28)11-18(16)27)26(7-8-26)25(29)36;2*1-15-12-34(14-30-15)22-6-5-21(31-25(22)36-2)23-32-24-16(4-3-9-35(24)33-23)17-10-18(20(28)11-19(17)27)26(13-29)7-8-26/h7-8,12-15,17H,4-6,9-11H2,1-3H3;5-6,10-13,15H,3-4,7-9H2,1-2H3,(H2,29,36);2*5-6,10-12,14,16H,3-4,7-9H2,1-2H3/t;;2*16-/m..10/s1. The zero-order chi connectivity index (χ0) is 103. The second-order valence-corrected chi connectivity index (χ2v) is 41.7. The number of primary amides is 1. The molecular weight excluding hydrogens is 2050 g/mol. The predicted molar refractivity (Wildman–Crippen MR) is 558 cm³/mol. The Morgan fingerprint density at radius 1 is 0.365 bits per heavy atom. The Morgan fingerprint density at radius 3 is 0.845 bits per heavy atom. The SMILES string of the molecule is CCOC(=O)C1(c2cc(C3CCCn4nc(-c5ccc(-n6cnc(C)c6)c(OC)n5)nc43)c(Cl)cc2Cl)CC1.COc1nc(-c2nc3n(n2)CCCC3c2cc(C3(C(N)=O)CC3)c(Cl)cc2Cl)ccc1-n1cnc(C)c1.COc1nc(-c2nc3n(n2)CCC[C@@H]3c2cc(C3(C#N)CC3)c(Cl)cc2Cl)ccc1-n1cnc(C)c1.COc1nc(-c2nc3n(n2)CCC[C@H]3c2cc(C3(C#N)CC3)c(Cl)cc2Cl)ccc1-n1cnc(C)c1. The van der Waals surface area contributed by atoms with Crippen molar-refractivity contribution in [1.82, 2.24) is 117 Å². The molecule has 148 heavy (non-hydrogen) atoms. The molecule has 756 valence electrons. The number of carbonyl (C=O) groups is 2. The van der Waals surface area contributed by atoms with Crippen LogP contribution in [-0.2, 0) is 62.2 Å². The van der Waals surface area contributed by atoms with E-state index in [1.165, 1.54) is 0 Å². The number of hydrogen-bond acceptors (Lipinski definition) is 25. The lowest BCUT2D eigenvalue weighted by molar-refractivity contribution is -0.146. The topological polar surface area (TPSA) is 400 Å². The Bertz CT molecular complexity index is 7790. The van der Waals surface area contributed by atoms with Crippen molar-refractivity contribution < 1.29 is 33.3 Å². The first kappa shape index (κ1) is 100. The fourth-order valence-corrected chi connectivity index (χ4v) is 23.3. The van der Waals surface area contributed by atoms with Crippen LogP contribution in [0.1, 0.15) is 224 Å². The molecule has 4 saturated carbocycles. The third kappa shape index (κ3) is 18.9. The molecule has 4 aromatic carbocycles. The number of amides is 1. The highest BCUT2D eigenvalue weighted by atomic mass is 35.5. The maximum Gasteiger partial charge on any atom is 0.316 e. The van der Waals surface area contributed by atoms with Crippen molar-refractivity contribution in [2.45, 2.75) is 209 Å². The maximum atomic E-state index is 12.8. The summed E-state index contributed by atoms with van der Waals surface area (Å²) >= 11 is 53.0. The number of hydrogen-bond donors (Lipinski definition) is 1. The van der Waals surface area contributed by atoms with E-state index in [0.717, 1.165) is 217 Å². The molecule has 24 rings (SSSR count). The number of ether oxygens (including phenoxy) is 5. The molecule has 4 fully saturated rings. The van der Waals surface area contributed by atoms with Crippen LogP contribution in [0.25, 0.3) is 68.8 Å². The number of aryl methyl sites for hydroxylation is 8. The van der Waals surface area contributed by atoms with Crippen molar-refractivity contribution in [3.05, 3.63) is 278 Å². The second kappa shape index (κ2) is 40.4. The number of pyridine rings is 4. The van der Waals surface area contributed by atoms with Crippen LogP contribution < -0.4 is 24.7 Å². The molecule has 12 aromatic heterocycles. The van der Waals surface area contributed by atoms with Crippen molar-refractivity contribution in [1.29, 1.82) is 10.5 Å². The van der Waals surface area contributed by atoms with Crippen LogP contribution in [0.2, 0.25) is 40.2 Å². The molecule has 4 aliphatic carbocycles. The Morgan fingerprint density at radius 2 is 0.622 bits per heavy atom. The van der Waals surface area contributed by atoms with E-state index in [2.05, 4.69) is 37.1 Å². The highest BCUT2D eigenvalue weighted by Crippen LogP contribution is 2.58. The summed E-state index contributed by atoms with van der Waals surface area (Å²) in [5.41, 5.74) is 19.4. The average Bonchev–Trinajstić information content (AvgIpc) is 1.58. The predicted octanol–water partition coefficient (Wildman–Crippen LogP) is 21.5. The second-order valence-electron chi connectivity index (χ2n) is 38.5. The number of carbonyl (C=O) groups excluding carboxylic acids is 2. The van der Waals surface area contributed by atoms with Gasteiger partial charge < -0.3 is 47.7 Å². The van der Waals surface area contributed by atoms with Gasteiger partial charge in [-0.05, 0) is 255 Å². The Kier molecular flexibility index (Phi) is 27.4. The molecule has 34 nitrogen and oxygen atoms in total. The van der Waals surface area contributed by atoms with Gasteiger partial charge >= 0.3 is 5.97 Å². The summed E-state index contributed by atoms with van der Waals surface area (Å²) in [7, 11) is 6.36. The normalized spacial score (nSPS) is 17.8. The maximum absolute atomic E-state index is 12.8. The van der Waals surface area contributed by atoms with E-state index >= 15 is 0 Å². The van der Waals surface area contributed by atoms with E-state index < -0.39 is 21.7 Å². The number of esters is 1. The van der Waals surface area contributed by atoms with E-state index in [1.54, 1.807) is 78.0 Å². The number of nitrogens with zero attached hydrogens (tertiary/aromatic N) is 26. The van der Waals surface area contributed by atoms with Gasteiger partial charge in [0.25, 0.3) is 0 Å². The van der Waals surface area contributed by atoms with Gasteiger partial charge in [-0.25, -0.2) is 78.5 Å². The minimum Gasteiger partial charge on any atom is -0.479 e. The molecule has 0 saturated heterocycles. The molecule has 2 unspecified atom stereocenters. The van der Waals surface area contributed by atoms with Crippen LogP contribution in [0.15, 0.2) is 147 Å². The number of methoxy groups -OCH3 is 4. The zero-order valence-electron chi connectivity index (χ0n) is 82.1. The zero-order valence-corrected chi connectivity index (χ0v) is 88.1.